The number of nitrogens with zero attached hydrogens (tertiary/aromatic N) is 3. The number of aryl methyl sites for hydroxylation is 1. The lowest BCUT2D eigenvalue weighted by Crippen LogP contribution is -2.11. The van der Waals surface area contributed by atoms with Crippen molar-refractivity contribution in [2.45, 2.75) is 32.2 Å². The lowest BCUT2D eigenvalue weighted by molar-refractivity contribution is 0.0998. The number of hydrogen-bond acceptors (Lipinski definition) is 4. The fourth-order valence-corrected chi connectivity index (χ4v) is 4.23. The topological polar surface area (TPSA) is 73.0 Å². The number of amides is 1. The standard InChI is InChI=1S/C22H19BrN4O2/c23-17-9-5-6-14-13-18(29-20(14)17)22(28)24-16-8-4-7-15(12-16)21-26-25-19-10-2-1-3-11-27(19)21/h4-9,12-13H,1-3,10-11H2,(H,24,28). The number of benzene rings is 2. The van der Waals surface area contributed by atoms with Crippen molar-refractivity contribution < 1.29 is 9.21 Å². The van der Waals surface area contributed by atoms with Crippen LogP contribution in [0.2, 0.25) is 0 Å². The van der Waals surface area contributed by atoms with Gasteiger partial charge in [0, 0.05) is 29.6 Å². The van der Waals surface area contributed by atoms with Crippen LogP contribution in [0.4, 0.5) is 5.69 Å². The molecule has 0 radical (unpaired) electrons. The van der Waals surface area contributed by atoms with Gasteiger partial charge >= 0.3 is 0 Å². The Labute approximate surface area is 176 Å². The third-order valence-corrected chi connectivity index (χ3v) is 5.83. The number of furan rings is 1. The van der Waals surface area contributed by atoms with E-state index in [1.807, 2.05) is 42.5 Å². The van der Waals surface area contributed by atoms with Crippen molar-refractivity contribution in [3.8, 4) is 11.4 Å². The molecule has 1 aliphatic rings. The van der Waals surface area contributed by atoms with Gasteiger partial charge in [0.1, 0.15) is 11.4 Å². The molecule has 1 aliphatic heterocycles. The first kappa shape index (κ1) is 18.1. The molecule has 0 aliphatic carbocycles. The zero-order chi connectivity index (χ0) is 19.8. The van der Waals surface area contributed by atoms with Crippen molar-refractivity contribution >= 4 is 38.5 Å². The number of anilines is 1. The van der Waals surface area contributed by atoms with E-state index in [1.165, 1.54) is 6.42 Å². The minimum atomic E-state index is -0.287. The van der Waals surface area contributed by atoms with Crippen LogP contribution < -0.4 is 5.32 Å². The monoisotopic (exact) mass is 450 g/mol. The second-order valence-corrected chi connectivity index (χ2v) is 8.06. The SMILES string of the molecule is O=C(Nc1cccc(-c2nnc3n2CCCCC3)c1)c1cc2cccc(Br)c2o1. The van der Waals surface area contributed by atoms with Crippen LogP contribution in [0.25, 0.3) is 22.4 Å². The van der Waals surface area contributed by atoms with Crippen molar-refractivity contribution in [2.75, 3.05) is 5.32 Å². The Morgan fingerprint density at radius 3 is 2.86 bits per heavy atom. The molecule has 7 heteroatoms. The number of rotatable bonds is 3. The zero-order valence-electron chi connectivity index (χ0n) is 15.7. The molecule has 1 N–H and O–H groups in total. The van der Waals surface area contributed by atoms with Gasteiger partial charge in [-0.1, -0.05) is 30.7 Å². The number of carbonyl (C=O) groups excluding carboxylic acids is 1. The highest BCUT2D eigenvalue weighted by molar-refractivity contribution is 9.10. The zero-order valence-corrected chi connectivity index (χ0v) is 17.3. The summed E-state index contributed by atoms with van der Waals surface area (Å²) in [6.07, 6.45) is 4.47. The highest BCUT2D eigenvalue weighted by Gasteiger charge is 2.17. The van der Waals surface area contributed by atoms with Gasteiger partial charge in [0.2, 0.25) is 0 Å². The average Bonchev–Trinajstić information content (AvgIpc) is 3.27. The fraction of sp³-hybridized carbons (Fsp3) is 0.227. The number of hydrogen-bond donors (Lipinski definition) is 1. The van der Waals surface area contributed by atoms with E-state index in [1.54, 1.807) is 6.07 Å². The molecular weight excluding hydrogens is 432 g/mol. The smallest absolute Gasteiger partial charge is 0.291 e. The van der Waals surface area contributed by atoms with E-state index < -0.39 is 0 Å². The minimum absolute atomic E-state index is 0.272. The van der Waals surface area contributed by atoms with E-state index >= 15 is 0 Å². The summed E-state index contributed by atoms with van der Waals surface area (Å²) in [5.41, 5.74) is 2.30. The van der Waals surface area contributed by atoms with Crippen LogP contribution in [-0.2, 0) is 13.0 Å². The van der Waals surface area contributed by atoms with Gasteiger partial charge < -0.3 is 14.3 Å². The third kappa shape index (κ3) is 3.46. The Morgan fingerprint density at radius 1 is 1.07 bits per heavy atom. The van der Waals surface area contributed by atoms with Gasteiger partial charge in [0.25, 0.3) is 5.91 Å². The summed E-state index contributed by atoms with van der Waals surface area (Å²) in [6, 6.07) is 15.2. The van der Waals surface area contributed by atoms with Gasteiger partial charge in [-0.2, -0.15) is 0 Å². The van der Waals surface area contributed by atoms with Crippen LogP contribution in [0.5, 0.6) is 0 Å². The molecule has 29 heavy (non-hydrogen) atoms. The summed E-state index contributed by atoms with van der Waals surface area (Å²) in [5, 5.41) is 12.6. The molecule has 0 fully saturated rings. The maximum atomic E-state index is 12.7. The summed E-state index contributed by atoms with van der Waals surface area (Å²) in [5.74, 6) is 1.88. The average molecular weight is 451 g/mol. The number of aromatic nitrogens is 3. The van der Waals surface area contributed by atoms with Crippen LogP contribution in [0.1, 0.15) is 35.6 Å². The maximum Gasteiger partial charge on any atom is 0.291 e. The predicted molar refractivity (Wildman–Crippen MR) is 115 cm³/mol. The summed E-state index contributed by atoms with van der Waals surface area (Å²) >= 11 is 3.45. The molecule has 0 spiro atoms. The fourth-order valence-electron chi connectivity index (χ4n) is 3.77. The molecule has 3 heterocycles. The molecule has 4 aromatic rings. The van der Waals surface area contributed by atoms with Crippen molar-refractivity contribution in [1.29, 1.82) is 0 Å². The Bertz CT molecular complexity index is 1210. The second-order valence-electron chi connectivity index (χ2n) is 7.21. The molecule has 2 aromatic carbocycles. The van der Waals surface area contributed by atoms with Crippen LogP contribution in [0, 0.1) is 0 Å². The first-order valence-electron chi connectivity index (χ1n) is 9.71. The summed E-state index contributed by atoms with van der Waals surface area (Å²) in [6.45, 7) is 0.933. The molecule has 0 saturated heterocycles. The van der Waals surface area contributed by atoms with E-state index in [4.69, 9.17) is 4.42 Å². The molecular formula is C22H19BrN4O2. The van der Waals surface area contributed by atoms with Crippen molar-refractivity contribution in [1.82, 2.24) is 14.8 Å². The Balaban J connectivity index is 1.42. The number of nitrogens with one attached hydrogen (secondary N) is 1. The highest BCUT2D eigenvalue weighted by atomic mass is 79.9. The Hall–Kier alpha value is -2.93. The van der Waals surface area contributed by atoms with Crippen LogP contribution in [0.15, 0.2) is 57.4 Å². The number of halogens is 1. The van der Waals surface area contributed by atoms with Crippen LogP contribution in [0.3, 0.4) is 0 Å². The van der Waals surface area contributed by atoms with E-state index in [2.05, 4.69) is 36.0 Å². The maximum absolute atomic E-state index is 12.7. The molecule has 5 rings (SSSR count). The molecule has 2 aromatic heterocycles. The quantitative estimate of drug-likeness (QED) is 0.451. The van der Waals surface area contributed by atoms with Crippen molar-refractivity contribution in [2.24, 2.45) is 0 Å². The highest BCUT2D eigenvalue weighted by Crippen LogP contribution is 2.28. The van der Waals surface area contributed by atoms with Crippen molar-refractivity contribution in [3.05, 3.63) is 64.6 Å². The van der Waals surface area contributed by atoms with E-state index in [-0.39, 0.29) is 11.7 Å². The molecule has 0 saturated carbocycles. The van der Waals surface area contributed by atoms with Gasteiger partial charge in [-0.15, -0.1) is 10.2 Å². The summed E-state index contributed by atoms with van der Waals surface area (Å²) < 4.78 is 8.76. The minimum Gasteiger partial charge on any atom is -0.450 e. The molecule has 0 unspecified atom stereocenters. The van der Waals surface area contributed by atoms with Crippen LogP contribution >= 0.6 is 15.9 Å². The predicted octanol–water partition coefficient (Wildman–Crippen LogP) is 5.43. The first-order valence-corrected chi connectivity index (χ1v) is 10.5. The molecule has 0 atom stereocenters. The van der Waals surface area contributed by atoms with Crippen LogP contribution in [-0.4, -0.2) is 20.7 Å². The molecule has 1 amide bonds. The largest absolute Gasteiger partial charge is 0.450 e. The summed E-state index contributed by atoms with van der Waals surface area (Å²) in [7, 11) is 0. The van der Waals surface area contributed by atoms with Gasteiger partial charge in [-0.25, -0.2) is 0 Å². The normalized spacial score (nSPS) is 13.8. The van der Waals surface area contributed by atoms with Gasteiger partial charge in [-0.3, -0.25) is 4.79 Å². The van der Waals surface area contributed by atoms with E-state index in [0.29, 0.717) is 11.3 Å². The second kappa shape index (κ2) is 7.48. The Kier molecular flexibility index (Phi) is 4.67. The lowest BCUT2D eigenvalue weighted by atomic mass is 10.2. The van der Waals surface area contributed by atoms with Gasteiger partial charge in [0.15, 0.2) is 11.6 Å². The van der Waals surface area contributed by atoms with E-state index in [9.17, 15) is 4.79 Å². The Morgan fingerprint density at radius 2 is 1.97 bits per heavy atom. The number of carbonyl (C=O) groups is 1. The number of fused-ring (bicyclic) bond motifs is 2. The number of para-hydroxylation sites is 1. The first-order chi connectivity index (χ1) is 14.2. The van der Waals surface area contributed by atoms with Gasteiger partial charge in [-0.05, 0) is 53.0 Å². The molecule has 146 valence electrons. The van der Waals surface area contributed by atoms with Crippen molar-refractivity contribution in [3.63, 3.8) is 0 Å². The lowest BCUT2D eigenvalue weighted by Gasteiger charge is -2.09. The molecule has 6 nitrogen and oxygen atoms in total. The van der Waals surface area contributed by atoms with Gasteiger partial charge in [0.05, 0.1) is 4.47 Å². The third-order valence-electron chi connectivity index (χ3n) is 5.21. The molecule has 0 bridgehead atoms. The van der Waals surface area contributed by atoms with E-state index in [0.717, 1.165) is 52.9 Å². The summed E-state index contributed by atoms with van der Waals surface area (Å²) in [4.78, 5) is 12.7.